The van der Waals surface area contributed by atoms with E-state index < -0.39 is 31.3 Å². The summed E-state index contributed by atoms with van der Waals surface area (Å²) in [5.74, 6) is -0.510. The quantitative estimate of drug-likeness (QED) is 0.667. The minimum atomic E-state index is -1.21. The van der Waals surface area contributed by atoms with Crippen molar-refractivity contribution in [1.82, 2.24) is 5.32 Å². The molecule has 2 rings (SSSR count). The number of carbonyl (C=O) groups is 1. The first-order chi connectivity index (χ1) is 10.1. The first kappa shape index (κ1) is 17.5. The number of amides is 1. The van der Waals surface area contributed by atoms with Crippen molar-refractivity contribution in [2.24, 2.45) is 5.92 Å². The number of aliphatic hydroxyl groups is 2. The van der Waals surface area contributed by atoms with E-state index in [0.29, 0.717) is 17.7 Å². The number of hydrogen-bond acceptors (Lipinski definition) is 4. The fraction of sp³-hybridized carbons (Fsp3) is 0.625. The van der Waals surface area contributed by atoms with E-state index in [1.807, 2.05) is 0 Å². The highest BCUT2D eigenvalue weighted by molar-refractivity contribution is 7.72. The molecule has 0 aromatic heterocycles. The molecule has 5 nitrogen and oxygen atoms in total. The second-order valence-corrected chi connectivity index (χ2v) is 11.2. The second kappa shape index (κ2) is 6.32. The summed E-state index contributed by atoms with van der Waals surface area (Å²) < 4.78 is 5.91. The first-order valence-corrected chi connectivity index (χ1v) is 10.5. The number of carbonyl (C=O) groups excluding carboxylic acids is 1. The number of nitrogens with one attached hydrogen (secondary N) is 1. The van der Waals surface area contributed by atoms with Crippen LogP contribution < -0.4 is 5.32 Å². The number of ether oxygens (including phenoxy) is 1. The molecule has 22 heavy (non-hydrogen) atoms. The molecule has 5 atom stereocenters. The van der Waals surface area contributed by atoms with Gasteiger partial charge in [-0.1, -0.05) is 12.7 Å². The van der Waals surface area contributed by atoms with Gasteiger partial charge in [-0.05, 0) is 32.8 Å². The SMILES string of the molecule is C=C1NC(=O)C(C)=CC1[C@@H]1O[C@H](CCP(=C)(C)C)[C@@H](O)[C@H]1O. The molecule has 2 aliphatic rings. The Balaban J connectivity index is 2.11. The standard InChI is InChI=1S/C16H26NO4P/c1-9-8-11(10(2)17-16(9)20)15-14(19)13(18)12(21-15)6-7-22(3,4)5/h8,11-15,18-19H,2-3,6-7H2,1,4-5H3,(H,17,20)/t11?,12-,13-,14-,15+/m1/s1. The number of hydrogen-bond donors (Lipinski definition) is 3. The maximum atomic E-state index is 11.6. The van der Waals surface area contributed by atoms with Gasteiger partial charge in [-0.25, -0.2) is 0 Å². The van der Waals surface area contributed by atoms with Gasteiger partial charge < -0.3 is 20.3 Å². The molecule has 6 heteroatoms. The third-order valence-electron chi connectivity index (χ3n) is 4.24. The Labute approximate surface area is 132 Å². The zero-order valence-electron chi connectivity index (χ0n) is 13.5. The third-order valence-corrected chi connectivity index (χ3v) is 5.71. The maximum Gasteiger partial charge on any atom is 0.250 e. The van der Waals surface area contributed by atoms with E-state index in [4.69, 9.17) is 4.74 Å². The molecule has 0 saturated carbocycles. The Morgan fingerprint density at radius 3 is 2.59 bits per heavy atom. The van der Waals surface area contributed by atoms with Gasteiger partial charge in [-0.15, -0.1) is 13.2 Å². The minimum Gasteiger partial charge on any atom is -0.388 e. The molecule has 1 fully saturated rings. The van der Waals surface area contributed by atoms with Crippen molar-refractivity contribution in [2.45, 2.75) is 37.8 Å². The topological polar surface area (TPSA) is 78.8 Å². The van der Waals surface area contributed by atoms with Gasteiger partial charge in [0.05, 0.1) is 12.2 Å². The van der Waals surface area contributed by atoms with Gasteiger partial charge in [0.25, 0.3) is 5.91 Å². The van der Waals surface area contributed by atoms with Gasteiger partial charge >= 0.3 is 0 Å². The normalized spacial score (nSPS) is 36.2. The molecule has 2 aliphatic heterocycles. The van der Waals surface area contributed by atoms with Crippen LogP contribution in [0.15, 0.2) is 23.9 Å². The van der Waals surface area contributed by atoms with Crippen molar-refractivity contribution in [3.8, 4) is 0 Å². The van der Waals surface area contributed by atoms with Crippen molar-refractivity contribution in [3.63, 3.8) is 0 Å². The van der Waals surface area contributed by atoms with Crippen LogP contribution >= 0.6 is 6.89 Å². The first-order valence-electron chi connectivity index (χ1n) is 7.47. The summed E-state index contributed by atoms with van der Waals surface area (Å²) in [5, 5.41) is 23.2. The van der Waals surface area contributed by atoms with Crippen molar-refractivity contribution >= 4 is 19.1 Å². The smallest absolute Gasteiger partial charge is 0.250 e. The molecule has 124 valence electrons. The van der Waals surface area contributed by atoms with E-state index in [0.717, 1.165) is 6.16 Å². The minimum absolute atomic E-state index is 0.186. The molecule has 0 spiro atoms. The average molecular weight is 327 g/mol. The molecule has 0 aromatic rings. The van der Waals surface area contributed by atoms with Crippen LogP contribution in [-0.4, -0.2) is 66.3 Å². The summed E-state index contributed by atoms with van der Waals surface area (Å²) in [7, 11) is 0. The van der Waals surface area contributed by atoms with Crippen LogP contribution in [0.25, 0.3) is 0 Å². The molecule has 1 saturated heterocycles. The van der Waals surface area contributed by atoms with Gasteiger partial charge in [0.15, 0.2) is 0 Å². The molecular formula is C16H26NO4P. The summed E-state index contributed by atoms with van der Waals surface area (Å²) in [6, 6.07) is 0. The molecular weight excluding hydrogens is 301 g/mol. The molecule has 1 unspecified atom stereocenters. The van der Waals surface area contributed by atoms with Gasteiger partial charge in [0.2, 0.25) is 0 Å². The zero-order valence-corrected chi connectivity index (χ0v) is 14.3. The molecule has 1 amide bonds. The van der Waals surface area contributed by atoms with Crippen LogP contribution in [0, 0.1) is 5.92 Å². The van der Waals surface area contributed by atoms with Crippen molar-refractivity contribution in [1.29, 1.82) is 0 Å². The Morgan fingerprint density at radius 2 is 2.00 bits per heavy atom. The Morgan fingerprint density at radius 1 is 1.36 bits per heavy atom. The number of rotatable bonds is 4. The molecule has 0 aliphatic carbocycles. The lowest BCUT2D eigenvalue weighted by atomic mass is 9.89. The average Bonchev–Trinajstić information content (AvgIpc) is 2.68. The highest BCUT2D eigenvalue weighted by Crippen LogP contribution is 2.39. The van der Waals surface area contributed by atoms with Gasteiger partial charge in [0, 0.05) is 17.2 Å². The molecule has 0 radical (unpaired) electrons. The largest absolute Gasteiger partial charge is 0.388 e. The summed E-state index contributed by atoms with van der Waals surface area (Å²) >= 11 is 0. The highest BCUT2D eigenvalue weighted by Gasteiger charge is 2.46. The van der Waals surface area contributed by atoms with Gasteiger partial charge in [-0.2, -0.15) is 0 Å². The van der Waals surface area contributed by atoms with Crippen molar-refractivity contribution in [3.05, 3.63) is 23.9 Å². The van der Waals surface area contributed by atoms with Crippen LogP contribution in [0.1, 0.15) is 13.3 Å². The summed E-state index contributed by atoms with van der Waals surface area (Å²) in [6.45, 7) is 8.61. The van der Waals surface area contributed by atoms with Gasteiger partial charge in [0.1, 0.15) is 12.2 Å². The second-order valence-electron chi connectivity index (χ2n) is 6.92. The molecule has 3 N–H and O–H groups in total. The van der Waals surface area contributed by atoms with Crippen molar-refractivity contribution < 1.29 is 19.7 Å². The van der Waals surface area contributed by atoms with Crippen LogP contribution in [0.3, 0.4) is 0 Å². The molecule has 0 bridgehead atoms. The lowest BCUT2D eigenvalue weighted by Crippen LogP contribution is -2.41. The van der Waals surface area contributed by atoms with Crippen LogP contribution in [-0.2, 0) is 9.53 Å². The predicted octanol–water partition coefficient (Wildman–Crippen LogP) is 0.781. The van der Waals surface area contributed by atoms with E-state index in [9.17, 15) is 15.0 Å². The monoisotopic (exact) mass is 327 g/mol. The lowest BCUT2D eigenvalue weighted by molar-refractivity contribution is -0.117. The van der Waals surface area contributed by atoms with Crippen LogP contribution in [0.2, 0.25) is 0 Å². The summed E-state index contributed by atoms with van der Waals surface area (Å²) in [4.78, 5) is 11.6. The summed E-state index contributed by atoms with van der Waals surface area (Å²) in [5.41, 5.74) is 1.06. The third kappa shape index (κ3) is 3.72. The fourth-order valence-electron chi connectivity index (χ4n) is 2.86. The highest BCUT2D eigenvalue weighted by atomic mass is 31.2. The Bertz CT molecular complexity index is 550. The Kier molecular flexibility index (Phi) is 5.03. The zero-order chi connectivity index (χ0) is 16.7. The van der Waals surface area contributed by atoms with E-state index >= 15 is 0 Å². The van der Waals surface area contributed by atoms with E-state index in [1.54, 1.807) is 13.0 Å². The van der Waals surface area contributed by atoms with Gasteiger partial charge in [-0.3, -0.25) is 4.79 Å². The maximum absolute atomic E-state index is 11.6. The fourth-order valence-corrected chi connectivity index (χ4v) is 3.81. The van der Waals surface area contributed by atoms with E-state index in [1.165, 1.54) is 0 Å². The van der Waals surface area contributed by atoms with E-state index in [2.05, 4.69) is 31.5 Å². The lowest BCUT2D eigenvalue weighted by Gasteiger charge is -2.29. The van der Waals surface area contributed by atoms with Crippen LogP contribution in [0.4, 0.5) is 0 Å². The van der Waals surface area contributed by atoms with Crippen molar-refractivity contribution in [2.75, 3.05) is 19.5 Å². The van der Waals surface area contributed by atoms with Crippen LogP contribution in [0.5, 0.6) is 0 Å². The molecule has 0 aromatic carbocycles. The Hall–Kier alpha value is -0.870. The predicted molar refractivity (Wildman–Crippen MR) is 90.6 cm³/mol. The number of aliphatic hydroxyl groups excluding tert-OH is 2. The molecule has 2 heterocycles. The van der Waals surface area contributed by atoms with E-state index in [-0.39, 0.29) is 11.8 Å². The summed E-state index contributed by atoms with van der Waals surface area (Å²) in [6.07, 6.45) is 4.57.